The fraction of sp³-hybridized carbons (Fsp3) is 0. The van der Waals surface area contributed by atoms with Gasteiger partial charge in [0.1, 0.15) is 11.1 Å². The molecule has 0 saturated heterocycles. The topological polar surface area (TPSA) is 66.0 Å². The van der Waals surface area contributed by atoms with Crippen molar-refractivity contribution in [1.29, 1.82) is 0 Å². The Morgan fingerprint density at radius 2 is 2.31 bits per heavy atom. The van der Waals surface area contributed by atoms with E-state index < -0.39 is 5.97 Å². The monoisotopic (exact) mass is 198 g/mol. The van der Waals surface area contributed by atoms with Crippen LogP contribution in [0.1, 0.15) is 10.4 Å². The number of carboxylic acids is 1. The van der Waals surface area contributed by atoms with Crippen LogP contribution in [0.3, 0.4) is 0 Å². The molecule has 2 rings (SSSR count). The van der Waals surface area contributed by atoms with E-state index in [-0.39, 0.29) is 18.0 Å². The highest BCUT2D eigenvalue weighted by molar-refractivity contribution is 6.01. The molecule has 0 aliphatic heterocycles. The molecule has 0 unspecified atom stereocenters. The molecule has 0 radical (unpaired) electrons. The van der Waals surface area contributed by atoms with Gasteiger partial charge in [0.2, 0.25) is 0 Å². The number of carbonyl (C=O) groups is 1. The first-order chi connectivity index (χ1) is 5.79. The number of fused-ring (bicyclic) bond motifs is 1. The van der Waals surface area contributed by atoms with Gasteiger partial charge in [-0.15, -0.1) is 12.4 Å². The standard InChI is InChI=1S/C8H6N2O2.ClH/c11-8(12)5-4-10-6-2-1-3-9-7(5)6;/h1-4,10H,(H,11,12);1H. The maximum absolute atomic E-state index is 10.6. The maximum atomic E-state index is 10.6. The maximum Gasteiger partial charge on any atom is 0.339 e. The Morgan fingerprint density at radius 3 is 3.00 bits per heavy atom. The highest BCUT2D eigenvalue weighted by atomic mass is 35.5. The van der Waals surface area contributed by atoms with Crippen LogP contribution in [-0.4, -0.2) is 21.0 Å². The predicted octanol–water partition coefficient (Wildman–Crippen LogP) is 1.68. The number of halogens is 1. The lowest BCUT2D eigenvalue weighted by atomic mass is 10.3. The number of nitrogens with one attached hydrogen (secondary N) is 1. The average Bonchev–Trinajstić information content (AvgIpc) is 2.47. The van der Waals surface area contributed by atoms with Crippen molar-refractivity contribution in [3.8, 4) is 0 Å². The number of aromatic carboxylic acids is 1. The summed E-state index contributed by atoms with van der Waals surface area (Å²) in [7, 11) is 0. The largest absolute Gasteiger partial charge is 0.478 e. The first-order valence-corrected chi connectivity index (χ1v) is 3.44. The lowest BCUT2D eigenvalue weighted by Crippen LogP contribution is -1.94. The number of rotatable bonds is 1. The van der Waals surface area contributed by atoms with Gasteiger partial charge in [0.05, 0.1) is 5.52 Å². The van der Waals surface area contributed by atoms with E-state index >= 15 is 0 Å². The van der Waals surface area contributed by atoms with Crippen molar-refractivity contribution in [2.75, 3.05) is 0 Å². The van der Waals surface area contributed by atoms with Gasteiger partial charge in [0, 0.05) is 12.4 Å². The lowest BCUT2D eigenvalue weighted by Gasteiger charge is -1.88. The molecule has 0 aromatic carbocycles. The average molecular weight is 199 g/mol. The number of H-pyrrole nitrogens is 1. The van der Waals surface area contributed by atoms with Crippen molar-refractivity contribution in [3.05, 3.63) is 30.1 Å². The highest BCUT2D eigenvalue weighted by Gasteiger charge is 2.09. The molecule has 0 saturated carbocycles. The van der Waals surface area contributed by atoms with Crippen molar-refractivity contribution in [1.82, 2.24) is 9.97 Å². The SMILES string of the molecule is Cl.O=C(O)c1c[nH]c2cccnc12. The minimum atomic E-state index is -0.958. The predicted molar refractivity (Wildman–Crippen MR) is 50.3 cm³/mol. The Morgan fingerprint density at radius 1 is 1.54 bits per heavy atom. The first kappa shape index (κ1) is 9.54. The molecule has 4 nitrogen and oxygen atoms in total. The first-order valence-electron chi connectivity index (χ1n) is 3.44. The third-order valence-electron chi connectivity index (χ3n) is 1.67. The summed E-state index contributed by atoms with van der Waals surface area (Å²) in [5.74, 6) is -0.958. The van der Waals surface area contributed by atoms with Crippen LogP contribution in [-0.2, 0) is 0 Å². The molecule has 0 bridgehead atoms. The van der Waals surface area contributed by atoms with Crippen LogP contribution in [0.15, 0.2) is 24.5 Å². The van der Waals surface area contributed by atoms with Crippen LogP contribution in [0.2, 0.25) is 0 Å². The van der Waals surface area contributed by atoms with Crippen molar-refractivity contribution in [3.63, 3.8) is 0 Å². The summed E-state index contributed by atoms with van der Waals surface area (Å²) in [6, 6.07) is 3.54. The molecule has 5 heteroatoms. The van der Waals surface area contributed by atoms with Gasteiger partial charge in [-0.1, -0.05) is 0 Å². The van der Waals surface area contributed by atoms with E-state index in [1.807, 2.05) is 0 Å². The van der Waals surface area contributed by atoms with Gasteiger partial charge in [0.15, 0.2) is 0 Å². The Hall–Kier alpha value is -1.55. The van der Waals surface area contributed by atoms with E-state index in [2.05, 4.69) is 9.97 Å². The smallest absolute Gasteiger partial charge is 0.339 e. The van der Waals surface area contributed by atoms with E-state index in [0.717, 1.165) is 5.52 Å². The van der Waals surface area contributed by atoms with Crippen LogP contribution in [0.4, 0.5) is 0 Å². The molecule has 2 N–H and O–H groups in total. The van der Waals surface area contributed by atoms with Gasteiger partial charge in [0.25, 0.3) is 0 Å². The molecule has 2 heterocycles. The van der Waals surface area contributed by atoms with E-state index in [1.54, 1.807) is 18.3 Å². The third kappa shape index (κ3) is 1.48. The number of hydrogen-bond donors (Lipinski definition) is 2. The van der Waals surface area contributed by atoms with Gasteiger partial charge >= 0.3 is 5.97 Å². The second kappa shape index (κ2) is 3.45. The zero-order chi connectivity index (χ0) is 8.55. The van der Waals surface area contributed by atoms with E-state index in [0.29, 0.717) is 5.52 Å². The molecule has 0 aliphatic rings. The summed E-state index contributed by atoms with van der Waals surface area (Å²) in [4.78, 5) is 17.4. The molecule has 0 amide bonds. The van der Waals surface area contributed by atoms with Gasteiger partial charge in [-0.25, -0.2) is 4.79 Å². The van der Waals surface area contributed by atoms with Crippen LogP contribution < -0.4 is 0 Å². The molecule has 0 aliphatic carbocycles. The second-order valence-corrected chi connectivity index (χ2v) is 2.41. The third-order valence-corrected chi connectivity index (χ3v) is 1.67. The molecule has 68 valence electrons. The fourth-order valence-corrected chi connectivity index (χ4v) is 1.12. The van der Waals surface area contributed by atoms with Crippen LogP contribution in [0.5, 0.6) is 0 Å². The molecule has 13 heavy (non-hydrogen) atoms. The second-order valence-electron chi connectivity index (χ2n) is 2.41. The Labute approximate surface area is 80.0 Å². The summed E-state index contributed by atoms with van der Waals surface area (Å²) in [5, 5.41) is 8.71. The summed E-state index contributed by atoms with van der Waals surface area (Å²) in [6.07, 6.45) is 3.02. The van der Waals surface area contributed by atoms with E-state index in [4.69, 9.17) is 5.11 Å². The number of nitrogens with zero attached hydrogens (tertiary/aromatic N) is 1. The number of aromatic amines is 1. The number of hydrogen-bond acceptors (Lipinski definition) is 2. The van der Waals surface area contributed by atoms with Crippen molar-refractivity contribution in [2.24, 2.45) is 0 Å². The van der Waals surface area contributed by atoms with Crippen LogP contribution >= 0.6 is 12.4 Å². The molecule has 0 spiro atoms. The molecule has 0 fully saturated rings. The minimum Gasteiger partial charge on any atom is -0.478 e. The quantitative estimate of drug-likeness (QED) is 0.733. The van der Waals surface area contributed by atoms with E-state index in [1.165, 1.54) is 6.20 Å². The molecular formula is C8H7ClN2O2. The Bertz CT molecular complexity index is 438. The van der Waals surface area contributed by atoms with Gasteiger partial charge < -0.3 is 10.1 Å². The zero-order valence-corrected chi connectivity index (χ0v) is 7.34. The number of aromatic nitrogens is 2. The van der Waals surface area contributed by atoms with Gasteiger partial charge in [-0.05, 0) is 12.1 Å². The minimum absolute atomic E-state index is 0. The zero-order valence-electron chi connectivity index (χ0n) is 6.52. The van der Waals surface area contributed by atoms with E-state index in [9.17, 15) is 4.79 Å². The van der Waals surface area contributed by atoms with Crippen LogP contribution in [0.25, 0.3) is 11.0 Å². The lowest BCUT2D eigenvalue weighted by molar-refractivity contribution is 0.0699. The molecular weight excluding hydrogens is 192 g/mol. The molecule has 0 atom stereocenters. The van der Waals surface area contributed by atoms with Gasteiger partial charge in [-0.3, -0.25) is 4.98 Å². The van der Waals surface area contributed by atoms with Crippen molar-refractivity contribution >= 4 is 29.4 Å². The van der Waals surface area contributed by atoms with Gasteiger partial charge in [-0.2, -0.15) is 0 Å². The van der Waals surface area contributed by atoms with Crippen molar-refractivity contribution < 1.29 is 9.90 Å². The summed E-state index contributed by atoms with van der Waals surface area (Å²) < 4.78 is 0. The Balaban J connectivity index is 0.000000845. The molecule has 2 aromatic rings. The number of pyridine rings is 1. The number of carboxylic acid groups (broad SMARTS) is 1. The Kier molecular flexibility index (Phi) is 2.53. The normalized spacial score (nSPS) is 9.54. The summed E-state index contributed by atoms with van der Waals surface area (Å²) in [6.45, 7) is 0. The summed E-state index contributed by atoms with van der Waals surface area (Å²) >= 11 is 0. The van der Waals surface area contributed by atoms with Crippen molar-refractivity contribution in [2.45, 2.75) is 0 Å². The van der Waals surface area contributed by atoms with Crippen LogP contribution in [0, 0.1) is 0 Å². The molecule has 2 aromatic heterocycles. The summed E-state index contributed by atoms with van der Waals surface area (Å²) in [5.41, 5.74) is 1.46. The highest BCUT2D eigenvalue weighted by Crippen LogP contribution is 2.13. The fourth-order valence-electron chi connectivity index (χ4n) is 1.12.